The van der Waals surface area contributed by atoms with Crippen molar-refractivity contribution in [3.8, 4) is 17.1 Å². The molecule has 2 N–H and O–H groups in total. The third-order valence-corrected chi connectivity index (χ3v) is 5.84. The number of aromatic nitrogens is 3. The average molecular weight is 426 g/mol. The van der Waals surface area contributed by atoms with Crippen LogP contribution in [0.4, 0.5) is 0 Å². The summed E-state index contributed by atoms with van der Waals surface area (Å²) in [5.74, 6) is 1.77. The molecule has 0 atom stereocenters. The van der Waals surface area contributed by atoms with E-state index in [4.69, 9.17) is 4.74 Å². The molecule has 2 heterocycles. The lowest BCUT2D eigenvalue weighted by molar-refractivity contribution is -0.121. The normalized spacial score (nSPS) is 16.8. The van der Waals surface area contributed by atoms with Crippen LogP contribution in [0, 0.1) is 5.92 Å². The van der Waals surface area contributed by atoms with Crippen molar-refractivity contribution in [3.05, 3.63) is 40.3 Å². The SMILES string of the molecule is O=C(CCc1nnc(-c2cccc(OCC3CC3)c2)[nH]c1=O)NCCN1CCCCC1. The van der Waals surface area contributed by atoms with Crippen LogP contribution in [-0.4, -0.2) is 58.8 Å². The van der Waals surface area contributed by atoms with Crippen LogP contribution in [0.1, 0.15) is 44.2 Å². The van der Waals surface area contributed by atoms with E-state index in [1.165, 1.54) is 32.1 Å². The number of aromatic amines is 1. The maximum Gasteiger partial charge on any atom is 0.273 e. The number of benzene rings is 1. The summed E-state index contributed by atoms with van der Waals surface area (Å²) in [6.45, 7) is 4.47. The van der Waals surface area contributed by atoms with E-state index in [2.05, 4.69) is 25.4 Å². The Balaban J connectivity index is 1.26. The van der Waals surface area contributed by atoms with Crippen LogP contribution in [0.3, 0.4) is 0 Å². The van der Waals surface area contributed by atoms with Gasteiger partial charge in [0.15, 0.2) is 5.82 Å². The fraction of sp³-hybridized carbons (Fsp3) is 0.565. The van der Waals surface area contributed by atoms with Gasteiger partial charge in [-0.15, -0.1) is 10.2 Å². The number of H-pyrrole nitrogens is 1. The molecule has 0 unspecified atom stereocenters. The fourth-order valence-corrected chi connectivity index (χ4v) is 3.74. The van der Waals surface area contributed by atoms with Gasteiger partial charge in [-0.05, 0) is 56.8 Å². The van der Waals surface area contributed by atoms with Gasteiger partial charge in [-0.2, -0.15) is 0 Å². The minimum absolute atomic E-state index is 0.0669. The Hall–Kier alpha value is -2.74. The van der Waals surface area contributed by atoms with Crippen LogP contribution in [0.2, 0.25) is 0 Å². The van der Waals surface area contributed by atoms with E-state index in [1.807, 2.05) is 24.3 Å². The highest BCUT2D eigenvalue weighted by atomic mass is 16.5. The minimum Gasteiger partial charge on any atom is -0.493 e. The second-order valence-corrected chi connectivity index (χ2v) is 8.48. The van der Waals surface area contributed by atoms with Crippen LogP contribution in [0.25, 0.3) is 11.4 Å². The number of rotatable bonds is 10. The van der Waals surface area contributed by atoms with Gasteiger partial charge in [0.25, 0.3) is 5.56 Å². The number of aryl methyl sites for hydroxylation is 1. The molecule has 0 radical (unpaired) electrons. The van der Waals surface area contributed by atoms with Gasteiger partial charge in [-0.25, -0.2) is 0 Å². The van der Waals surface area contributed by atoms with E-state index in [1.54, 1.807) is 0 Å². The van der Waals surface area contributed by atoms with Crippen LogP contribution < -0.4 is 15.6 Å². The minimum atomic E-state index is -0.310. The van der Waals surface area contributed by atoms with Crippen LogP contribution >= 0.6 is 0 Å². The third-order valence-electron chi connectivity index (χ3n) is 5.84. The summed E-state index contributed by atoms with van der Waals surface area (Å²) < 4.78 is 5.79. The second-order valence-electron chi connectivity index (χ2n) is 8.48. The molecule has 2 fully saturated rings. The summed E-state index contributed by atoms with van der Waals surface area (Å²) in [4.78, 5) is 29.7. The first-order chi connectivity index (χ1) is 15.2. The van der Waals surface area contributed by atoms with Crippen molar-refractivity contribution >= 4 is 5.91 Å². The highest BCUT2D eigenvalue weighted by Gasteiger charge is 2.22. The predicted octanol–water partition coefficient (Wildman–Crippen LogP) is 2.16. The molecule has 8 heteroatoms. The largest absolute Gasteiger partial charge is 0.493 e. The first-order valence-electron chi connectivity index (χ1n) is 11.4. The molecule has 1 aromatic heterocycles. The topological polar surface area (TPSA) is 100 Å². The van der Waals surface area contributed by atoms with Gasteiger partial charge < -0.3 is 19.9 Å². The molecule has 2 aliphatic rings. The number of piperidine rings is 1. The number of hydrogen-bond acceptors (Lipinski definition) is 6. The molecule has 1 saturated carbocycles. The molecule has 1 amide bonds. The van der Waals surface area contributed by atoms with Gasteiger partial charge in [0.1, 0.15) is 11.4 Å². The molecular weight excluding hydrogens is 394 g/mol. The van der Waals surface area contributed by atoms with Crippen molar-refractivity contribution in [1.29, 1.82) is 0 Å². The summed E-state index contributed by atoms with van der Waals surface area (Å²) in [5, 5.41) is 11.2. The van der Waals surface area contributed by atoms with Crippen LogP contribution in [0.5, 0.6) is 5.75 Å². The fourth-order valence-electron chi connectivity index (χ4n) is 3.74. The van der Waals surface area contributed by atoms with E-state index in [0.717, 1.165) is 37.6 Å². The quantitative estimate of drug-likeness (QED) is 0.605. The molecule has 1 aliphatic heterocycles. The number of likely N-dealkylation sites (tertiary alicyclic amines) is 1. The lowest BCUT2D eigenvalue weighted by atomic mass is 10.1. The predicted molar refractivity (Wildman–Crippen MR) is 118 cm³/mol. The highest BCUT2D eigenvalue weighted by molar-refractivity contribution is 5.76. The molecule has 166 valence electrons. The smallest absolute Gasteiger partial charge is 0.273 e. The van der Waals surface area contributed by atoms with Crippen molar-refractivity contribution < 1.29 is 9.53 Å². The number of amides is 1. The number of carbonyl (C=O) groups excluding carboxylic acids is 1. The summed E-state index contributed by atoms with van der Waals surface area (Å²) in [7, 11) is 0. The number of nitrogens with one attached hydrogen (secondary N) is 2. The maximum absolute atomic E-state index is 12.4. The Bertz CT molecular complexity index is 935. The van der Waals surface area contributed by atoms with Gasteiger partial charge >= 0.3 is 0 Å². The lowest BCUT2D eigenvalue weighted by Gasteiger charge is -2.26. The standard InChI is InChI=1S/C23H31N5O3/c29-21(24-11-14-28-12-2-1-3-13-28)10-9-20-23(30)25-22(27-26-20)18-5-4-6-19(15-18)31-16-17-7-8-17/h4-6,15,17H,1-3,7-14,16H2,(H,24,29)(H,25,27,30). The van der Waals surface area contributed by atoms with Gasteiger partial charge in [-0.3, -0.25) is 9.59 Å². The monoisotopic (exact) mass is 425 g/mol. The highest BCUT2D eigenvalue weighted by Crippen LogP contribution is 2.30. The third kappa shape index (κ3) is 6.62. The zero-order valence-corrected chi connectivity index (χ0v) is 17.9. The molecule has 1 aromatic carbocycles. The van der Waals surface area contributed by atoms with Crippen molar-refractivity contribution in [2.75, 3.05) is 32.8 Å². The van der Waals surface area contributed by atoms with Gasteiger partial charge in [-0.1, -0.05) is 18.6 Å². The maximum atomic E-state index is 12.4. The number of hydrogen-bond donors (Lipinski definition) is 2. The first kappa shape index (κ1) is 21.5. The molecule has 31 heavy (non-hydrogen) atoms. The second kappa shape index (κ2) is 10.5. The molecular formula is C23H31N5O3. The van der Waals surface area contributed by atoms with E-state index in [0.29, 0.717) is 18.3 Å². The Morgan fingerprint density at radius 1 is 1.19 bits per heavy atom. The zero-order valence-electron chi connectivity index (χ0n) is 17.9. The van der Waals surface area contributed by atoms with Crippen molar-refractivity contribution in [2.45, 2.75) is 44.9 Å². The molecule has 4 rings (SSSR count). The summed E-state index contributed by atoms with van der Waals surface area (Å²) >= 11 is 0. The number of carbonyl (C=O) groups is 1. The Morgan fingerprint density at radius 3 is 2.81 bits per heavy atom. The summed E-state index contributed by atoms with van der Waals surface area (Å²) in [6.07, 6.45) is 6.74. The van der Waals surface area contributed by atoms with Gasteiger partial charge in [0.05, 0.1) is 6.61 Å². The molecule has 1 aliphatic carbocycles. The summed E-state index contributed by atoms with van der Waals surface area (Å²) in [6, 6.07) is 7.49. The van der Waals surface area contributed by atoms with Crippen LogP contribution in [-0.2, 0) is 11.2 Å². The first-order valence-corrected chi connectivity index (χ1v) is 11.4. The van der Waals surface area contributed by atoms with E-state index < -0.39 is 0 Å². The molecule has 2 aromatic rings. The lowest BCUT2D eigenvalue weighted by Crippen LogP contribution is -2.37. The van der Waals surface area contributed by atoms with Gasteiger partial charge in [0, 0.05) is 31.5 Å². The Morgan fingerprint density at radius 2 is 2.03 bits per heavy atom. The Kier molecular flexibility index (Phi) is 7.30. The van der Waals surface area contributed by atoms with Crippen molar-refractivity contribution in [3.63, 3.8) is 0 Å². The molecule has 0 spiro atoms. The van der Waals surface area contributed by atoms with E-state index >= 15 is 0 Å². The average Bonchev–Trinajstić information content (AvgIpc) is 3.62. The molecule has 8 nitrogen and oxygen atoms in total. The summed E-state index contributed by atoms with van der Waals surface area (Å²) in [5.41, 5.74) is 0.714. The molecule has 0 bridgehead atoms. The van der Waals surface area contributed by atoms with Crippen molar-refractivity contribution in [1.82, 2.24) is 25.4 Å². The van der Waals surface area contributed by atoms with E-state index in [-0.39, 0.29) is 30.0 Å². The zero-order chi connectivity index (χ0) is 21.5. The van der Waals surface area contributed by atoms with Crippen molar-refractivity contribution in [2.24, 2.45) is 5.92 Å². The van der Waals surface area contributed by atoms with Crippen LogP contribution in [0.15, 0.2) is 29.1 Å². The van der Waals surface area contributed by atoms with Gasteiger partial charge in [0.2, 0.25) is 5.91 Å². The molecule has 1 saturated heterocycles. The number of nitrogens with zero attached hydrogens (tertiary/aromatic N) is 3. The Labute approximate surface area is 182 Å². The van der Waals surface area contributed by atoms with E-state index in [9.17, 15) is 9.59 Å². The number of ether oxygens (including phenoxy) is 1.